The molecule has 0 spiro atoms. The Morgan fingerprint density at radius 2 is 1.95 bits per heavy atom. The lowest BCUT2D eigenvalue weighted by Gasteiger charge is -2.18. The summed E-state index contributed by atoms with van der Waals surface area (Å²) >= 11 is 1.75. The van der Waals surface area contributed by atoms with Crippen LogP contribution in [0.3, 0.4) is 0 Å². The molecule has 114 valence electrons. The Bertz CT molecular complexity index is 392. The minimum Gasteiger partial charge on any atom is -0.310 e. The highest BCUT2D eigenvalue weighted by Gasteiger charge is 2.09. The number of nitrogens with one attached hydrogen (secondary N) is 1. The first-order valence-electron chi connectivity index (χ1n) is 7.44. The van der Waals surface area contributed by atoms with Gasteiger partial charge in [0, 0.05) is 35.3 Å². The van der Waals surface area contributed by atoms with Gasteiger partial charge >= 0.3 is 0 Å². The lowest BCUT2D eigenvalue weighted by molar-refractivity contribution is 0.324. The van der Waals surface area contributed by atoms with E-state index in [1.54, 1.807) is 23.9 Å². The molecule has 1 aromatic rings. The van der Waals surface area contributed by atoms with Crippen LogP contribution in [-0.4, -0.2) is 36.3 Å². The van der Waals surface area contributed by atoms with E-state index in [0.29, 0.717) is 12.6 Å². The van der Waals surface area contributed by atoms with Crippen LogP contribution in [0.15, 0.2) is 23.1 Å². The van der Waals surface area contributed by atoms with Crippen LogP contribution in [0.2, 0.25) is 0 Å². The summed E-state index contributed by atoms with van der Waals surface area (Å²) < 4.78 is 14.0. The topological polar surface area (TPSA) is 15.3 Å². The highest BCUT2D eigenvalue weighted by atomic mass is 32.2. The molecule has 1 aromatic carbocycles. The Morgan fingerprint density at radius 3 is 2.55 bits per heavy atom. The zero-order valence-corrected chi connectivity index (χ0v) is 13.9. The van der Waals surface area contributed by atoms with Gasteiger partial charge in [0.1, 0.15) is 5.82 Å². The predicted octanol–water partition coefficient (Wildman–Crippen LogP) is 3.76. The van der Waals surface area contributed by atoms with Crippen LogP contribution < -0.4 is 5.32 Å². The zero-order chi connectivity index (χ0) is 15.0. The fraction of sp³-hybridized carbons (Fsp3) is 0.625. The molecular formula is C16H27FN2S. The second-order valence-corrected chi connectivity index (χ2v) is 6.26. The second kappa shape index (κ2) is 9.37. The molecule has 20 heavy (non-hydrogen) atoms. The number of halogens is 1. The van der Waals surface area contributed by atoms with Crippen molar-refractivity contribution in [1.82, 2.24) is 10.2 Å². The second-order valence-electron chi connectivity index (χ2n) is 5.13. The maximum atomic E-state index is 14.0. The van der Waals surface area contributed by atoms with E-state index in [2.05, 4.69) is 37.9 Å². The highest BCUT2D eigenvalue weighted by Crippen LogP contribution is 2.25. The van der Waals surface area contributed by atoms with Crippen molar-refractivity contribution in [1.29, 1.82) is 0 Å². The Morgan fingerprint density at radius 1 is 1.25 bits per heavy atom. The van der Waals surface area contributed by atoms with Gasteiger partial charge in [0.05, 0.1) is 0 Å². The highest BCUT2D eigenvalue weighted by molar-refractivity contribution is 7.99. The first kappa shape index (κ1) is 17.5. The van der Waals surface area contributed by atoms with E-state index >= 15 is 0 Å². The Hall–Kier alpha value is -0.580. The molecule has 0 heterocycles. The molecular weight excluding hydrogens is 271 g/mol. The number of hydrogen-bond acceptors (Lipinski definition) is 3. The van der Waals surface area contributed by atoms with E-state index in [1.807, 2.05) is 6.07 Å². The van der Waals surface area contributed by atoms with Gasteiger partial charge in [0.25, 0.3) is 0 Å². The van der Waals surface area contributed by atoms with Crippen LogP contribution in [-0.2, 0) is 6.54 Å². The van der Waals surface area contributed by atoms with E-state index in [-0.39, 0.29) is 5.82 Å². The van der Waals surface area contributed by atoms with Crippen LogP contribution in [0.5, 0.6) is 0 Å². The third-order valence-electron chi connectivity index (χ3n) is 3.32. The van der Waals surface area contributed by atoms with Gasteiger partial charge in [-0.15, -0.1) is 11.8 Å². The van der Waals surface area contributed by atoms with Crippen LogP contribution >= 0.6 is 11.8 Å². The minimum atomic E-state index is -0.106. The average molecular weight is 298 g/mol. The summed E-state index contributed by atoms with van der Waals surface area (Å²) in [5.74, 6) is 0.894. The lowest BCUT2D eigenvalue weighted by atomic mass is 10.2. The number of nitrogens with zero attached hydrogens (tertiary/aromatic N) is 1. The molecule has 0 saturated carbocycles. The molecule has 0 fully saturated rings. The fourth-order valence-corrected chi connectivity index (χ4v) is 3.06. The molecule has 2 nitrogen and oxygen atoms in total. The van der Waals surface area contributed by atoms with Crippen molar-refractivity contribution < 1.29 is 4.39 Å². The lowest BCUT2D eigenvalue weighted by Crippen LogP contribution is -2.25. The minimum absolute atomic E-state index is 0.106. The molecule has 0 unspecified atom stereocenters. The van der Waals surface area contributed by atoms with Crippen LogP contribution in [0, 0.1) is 5.82 Å². The van der Waals surface area contributed by atoms with Crippen molar-refractivity contribution in [2.45, 2.75) is 45.2 Å². The first-order valence-corrected chi connectivity index (χ1v) is 8.42. The molecule has 0 saturated heterocycles. The quantitative estimate of drug-likeness (QED) is 0.699. The van der Waals surface area contributed by atoms with Gasteiger partial charge in [-0.3, -0.25) is 0 Å². The summed E-state index contributed by atoms with van der Waals surface area (Å²) in [5, 5.41) is 3.30. The van der Waals surface area contributed by atoms with E-state index in [0.717, 1.165) is 35.8 Å². The maximum Gasteiger partial charge on any atom is 0.128 e. The Kier molecular flexibility index (Phi) is 8.19. The van der Waals surface area contributed by atoms with Crippen molar-refractivity contribution in [3.63, 3.8) is 0 Å². The van der Waals surface area contributed by atoms with Gasteiger partial charge < -0.3 is 10.2 Å². The summed E-state index contributed by atoms with van der Waals surface area (Å²) in [4.78, 5) is 3.45. The summed E-state index contributed by atoms with van der Waals surface area (Å²) in [6.07, 6.45) is 0. The molecule has 0 atom stereocenters. The molecule has 0 aromatic heterocycles. The first-order chi connectivity index (χ1) is 9.58. The third-order valence-corrected chi connectivity index (χ3v) is 4.40. The van der Waals surface area contributed by atoms with Crippen LogP contribution in [0.25, 0.3) is 0 Å². The van der Waals surface area contributed by atoms with Gasteiger partial charge in [-0.25, -0.2) is 4.39 Å². The smallest absolute Gasteiger partial charge is 0.128 e. The molecule has 0 aliphatic rings. The number of benzene rings is 1. The molecule has 4 heteroatoms. The SMILES string of the molecule is CCN(CC)CCSc1cccc(F)c1CNC(C)C. The normalized spacial score (nSPS) is 11.6. The summed E-state index contributed by atoms with van der Waals surface area (Å²) in [6, 6.07) is 5.73. The van der Waals surface area contributed by atoms with Crippen molar-refractivity contribution in [3.8, 4) is 0 Å². The number of hydrogen-bond donors (Lipinski definition) is 1. The Labute approximate surface area is 127 Å². The van der Waals surface area contributed by atoms with E-state index in [1.165, 1.54) is 0 Å². The van der Waals surface area contributed by atoms with Gasteiger partial charge in [0.2, 0.25) is 0 Å². The maximum absolute atomic E-state index is 14.0. The van der Waals surface area contributed by atoms with Gasteiger partial charge in [-0.2, -0.15) is 0 Å². The molecule has 0 aliphatic carbocycles. The molecule has 1 N–H and O–H groups in total. The van der Waals surface area contributed by atoms with E-state index in [9.17, 15) is 4.39 Å². The average Bonchev–Trinajstić information content (AvgIpc) is 2.42. The summed E-state index contributed by atoms with van der Waals surface area (Å²) in [6.45, 7) is 12.3. The standard InChI is InChI=1S/C16H27FN2S/c1-5-19(6-2)10-11-20-16-9-7-8-15(17)14(16)12-18-13(3)4/h7-9,13,18H,5-6,10-12H2,1-4H3. The van der Waals surface area contributed by atoms with Crippen molar-refractivity contribution in [2.75, 3.05) is 25.4 Å². The van der Waals surface area contributed by atoms with Crippen LogP contribution in [0.1, 0.15) is 33.3 Å². The predicted molar refractivity (Wildman–Crippen MR) is 86.9 cm³/mol. The van der Waals surface area contributed by atoms with Crippen molar-refractivity contribution in [3.05, 3.63) is 29.6 Å². The molecule has 0 radical (unpaired) electrons. The molecule has 0 bridgehead atoms. The monoisotopic (exact) mass is 298 g/mol. The van der Waals surface area contributed by atoms with Crippen molar-refractivity contribution in [2.24, 2.45) is 0 Å². The summed E-state index contributed by atoms with van der Waals surface area (Å²) in [5.41, 5.74) is 0.797. The molecule has 0 aliphatic heterocycles. The third kappa shape index (κ3) is 5.81. The van der Waals surface area contributed by atoms with Gasteiger partial charge in [-0.1, -0.05) is 33.8 Å². The molecule has 1 rings (SSSR count). The van der Waals surface area contributed by atoms with E-state index in [4.69, 9.17) is 0 Å². The van der Waals surface area contributed by atoms with Crippen LogP contribution in [0.4, 0.5) is 4.39 Å². The van der Waals surface area contributed by atoms with Gasteiger partial charge in [-0.05, 0) is 25.2 Å². The zero-order valence-electron chi connectivity index (χ0n) is 13.1. The van der Waals surface area contributed by atoms with Crippen molar-refractivity contribution >= 4 is 11.8 Å². The number of rotatable bonds is 9. The van der Waals surface area contributed by atoms with Gasteiger partial charge in [0.15, 0.2) is 0 Å². The Balaban J connectivity index is 2.62. The molecule has 0 amide bonds. The largest absolute Gasteiger partial charge is 0.310 e. The number of thioether (sulfide) groups is 1. The van der Waals surface area contributed by atoms with E-state index < -0.39 is 0 Å². The summed E-state index contributed by atoms with van der Waals surface area (Å²) in [7, 11) is 0. The fourth-order valence-electron chi connectivity index (χ4n) is 1.98.